The fraction of sp³-hybridized carbons (Fsp3) is 0.393. The Balaban J connectivity index is 1.89. The Labute approximate surface area is 222 Å². The van der Waals surface area contributed by atoms with E-state index < -0.39 is 28.8 Å². The highest BCUT2D eigenvalue weighted by Crippen LogP contribution is 2.32. The van der Waals surface area contributed by atoms with Crippen LogP contribution in [0.1, 0.15) is 31.4 Å². The van der Waals surface area contributed by atoms with Crippen LogP contribution < -0.4 is 21.1 Å². The Kier molecular flexibility index (Phi) is 8.86. The lowest BCUT2D eigenvalue weighted by molar-refractivity contribution is -0.141. The molecule has 1 heterocycles. The lowest BCUT2D eigenvalue weighted by Gasteiger charge is -2.43. The van der Waals surface area contributed by atoms with E-state index in [9.17, 15) is 14.4 Å². The third-order valence-corrected chi connectivity index (χ3v) is 6.56. The summed E-state index contributed by atoms with van der Waals surface area (Å²) in [5.41, 5.74) is 4.96. The number of nitrogens with two attached hydrogens (primary N) is 1. The van der Waals surface area contributed by atoms with Crippen molar-refractivity contribution in [1.82, 2.24) is 15.5 Å². The molecule has 0 aliphatic carbocycles. The van der Waals surface area contributed by atoms with Gasteiger partial charge in [0.1, 0.15) is 23.8 Å². The molecule has 0 spiro atoms. The van der Waals surface area contributed by atoms with Crippen LogP contribution in [0.5, 0.6) is 5.75 Å². The molecule has 0 unspecified atom stereocenters. The molecule has 0 radical (unpaired) electrons. The average molecular weight is 519 g/mol. The number of hydrogen-bond acceptors (Lipinski definition) is 7. The summed E-state index contributed by atoms with van der Waals surface area (Å²) in [6.07, 6.45) is 0.459. The number of carbonyl (C=O) groups is 3. The molecule has 3 rings (SSSR count). The van der Waals surface area contributed by atoms with Gasteiger partial charge in [-0.15, -0.1) is 0 Å². The van der Waals surface area contributed by atoms with Gasteiger partial charge in [0.2, 0.25) is 17.7 Å². The number of rotatable bonds is 9. The smallest absolute Gasteiger partial charge is 0.248 e. The van der Waals surface area contributed by atoms with Crippen molar-refractivity contribution in [1.29, 1.82) is 10.7 Å². The summed E-state index contributed by atoms with van der Waals surface area (Å²) >= 11 is 0. The minimum atomic E-state index is -1.26. The van der Waals surface area contributed by atoms with Gasteiger partial charge in [-0.1, -0.05) is 36.4 Å². The van der Waals surface area contributed by atoms with Gasteiger partial charge < -0.3 is 31.4 Å². The predicted molar refractivity (Wildman–Crippen MR) is 142 cm³/mol. The van der Waals surface area contributed by atoms with E-state index in [2.05, 4.69) is 10.6 Å². The maximum absolute atomic E-state index is 13.8. The predicted octanol–water partition coefficient (Wildman–Crippen LogP) is 1.39. The van der Waals surface area contributed by atoms with E-state index in [1.165, 1.54) is 31.9 Å². The Bertz CT molecular complexity index is 1220. The first-order valence-electron chi connectivity index (χ1n) is 12.4. The molecule has 1 aliphatic heterocycles. The highest BCUT2D eigenvalue weighted by atomic mass is 16.5. The van der Waals surface area contributed by atoms with Gasteiger partial charge in [-0.2, -0.15) is 5.26 Å². The van der Waals surface area contributed by atoms with E-state index in [1.807, 2.05) is 36.4 Å². The molecule has 0 aromatic heterocycles. The standard InChI is InChI=1S/C28H34N6O4/c1-27(2,31)25(36)33-22(17-38-21-11-7-10-20(14-21)16-29)24(35)34-13-12-23(30)28(18-34,26(37)32-3)15-19-8-5-4-6-9-19/h4-11,14,22,30H,12-13,15,17-18,31H2,1-3H3,(H,32,37)(H,33,36)/t22-,28-/m1/s1. The largest absolute Gasteiger partial charge is 0.491 e. The quantitative estimate of drug-likeness (QED) is 0.392. The minimum Gasteiger partial charge on any atom is -0.491 e. The topological polar surface area (TPSA) is 161 Å². The van der Waals surface area contributed by atoms with Crippen molar-refractivity contribution in [3.63, 3.8) is 0 Å². The zero-order chi connectivity index (χ0) is 27.9. The molecule has 10 nitrogen and oxygen atoms in total. The Morgan fingerprint density at radius 1 is 1.21 bits per heavy atom. The molecule has 3 amide bonds. The third-order valence-electron chi connectivity index (χ3n) is 6.56. The number of nitrogens with one attached hydrogen (secondary N) is 3. The van der Waals surface area contributed by atoms with Crippen molar-refractivity contribution in [2.75, 3.05) is 26.7 Å². The van der Waals surface area contributed by atoms with Gasteiger partial charge in [0.25, 0.3) is 0 Å². The summed E-state index contributed by atoms with van der Waals surface area (Å²) in [5.74, 6) is -0.978. The molecular formula is C28H34N6O4. The van der Waals surface area contributed by atoms with Gasteiger partial charge in [-0.3, -0.25) is 14.4 Å². The van der Waals surface area contributed by atoms with E-state index in [0.29, 0.717) is 11.3 Å². The molecule has 200 valence electrons. The van der Waals surface area contributed by atoms with E-state index in [4.69, 9.17) is 21.1 Å². The van der Waals surface area contributed by atoms with Gasteiger partial charge in [0, 0.05) is 32.3 Å². The number of ether oxygens (including phenoxy) is 1. The normalized spacial score (nSPS) is 18.2. The fourth-order valence-corrected chi connectivity index (χ4v) is 4.38. The molecular weight excluding hydrogens is 484 g/mol. The summed E-state index contributed by atoms with van der Waals surface area (Å²) in [6.45, 7) is 3.03. The molecule has 0 bridgehead atoms. The number of carbonyl (C=O) groups excluding carboxylic acids is 3. The lowest BCUT2D eigenvalue weighted by atomic mass is 9.72. The van der Waals surface area contributed by atoms with E-state index >= 15 is 0 Å². The van der Waals surface area contributed by atoms with Crippen LogP contribution in [0.3, 0.4) is 0 Å². The van der Waals surface area contributed by atoms with Crippen LogP contribution in [0.15, 0.2) is 54.6 Å². The number of benzene rings is 2. The molecule has 1 fully saturated rings. The van der Waals surface area contributed by atoms with Gasteiger partial charge in [-0.05, 0) is 44.0 Å². The zero-order valence-corrected chi connectivity index (χ0v) is 21.9. The number of likely N-dealkylation sites (tertiary alicyclic amines) is 1. The Morgan fingerprint density at radius 2 is 1.92 bits per heavy atom. The number of amides is 3. The van der Waals surface area contributed by atoms with Crippen LogP contribution in [0.2, 0.25) is 0 Å². The number of nitrogens with zero attached hydrogens (tertiary/aromatic N) is 2. The molecule has 2 aromatic rings. The Morgan fingerprint density at radius 3 is 2.55 bits per heavy atom. The first-order valence-corrected chi connectivity index (χ1v) is 12.4. The van der Waals surface area contributed by atoms with E-state index in [-0.39, 0.29) is 44.2 Å². The van der Waals surface area contributed by atoms with Crippen molar-refractivity contribution in [2.24, 2.45) is 11.1 Å². The number of nitriles is 1. The van der Waals surface area contributed by atoms with Crippen molar-refractivity contribution in [3.05, 3.63) is 65.7 Å². The second-order valence-electron chi connectivity index (χ2n) is 10.0. The molecule has 1 aliphatic rings. The minimum absolute atomic E-state index is 0.0262. The summed E-state index contributed by atoms with van der Waals surface area (Å²) < 4.78 is 5.80. The zero-order valence-electron chi connectivity index (χ0n) is 21.9. The molecule has 38 heavy (non-hydrogen) atoms. The van der Waals surface area contributed by atoms with Crippen LogP contribution in [0.25, 0.3) is 0 Å². The van der Waals surface area contributed by atoms with Crippen LogP contribution in [0, 0.1) is 22.2 Å². The molecule has 5 N–H and O–H groups in total. The maximum atomic E-state index is 13.8. The van der Waals surface area contributed by atoms with E-state index in [1.54, 1.807) is 18.2 Å². The van der Waals surface area contributed by atoms with Crippen molar-refractivity contribution < 1.29 is 19.1 Å². The average Bonchev–Trinajstić information content (AvgIpc) is 2.91. The SMILES string of the molecule is CNC(=O)[C@]1(Cc2ccccc2)CN(C(=O)[C@@H](COc2cccc(C#N)c2)NC(=O)C(C)(C)N)CCC1=N. The van der Waals surface area contributed by atoms with Gasteiger partial charge in [0.15, 0.2) is 0 Å². The maximum Gasteiger partial charge on any atom is 0.248 e. The van der Waals surface area contributed by atoms with Crippen molar-refractivity contribution in [3.8, 4) is 11.8 Å². The van der Waals surface area contributed by atoms with Crippen molar-refractivity contribution in [2.45, 2.75) is 38.3 Å². The Hall–Kier alpha value is -4.23. The summed E-state index contributed by atoms with van der Waals surface area (Å²) in [6, 6.07) is 16.8. The van der Waals surface area contributed by atoms with Crippen LogP contribution in [-0.2, 0) is 20.8 Å². The van der Waals surface area contributed by atoms with Crippen LogP contribution in [-0.4, -0.2) is 66.7 Å². The van der Waals surface area contributed by atoms with Gasteiger partial charge in [0.05, 0.1) is 17.2 Å². The number of piperidine rings is 1. The highest BCUT2D eigenvalue weighted by Gasteiger charge is 2.48. The summed E-state index contributed by atoms with van der Waals surface area (Å²) in [5, 5.41) is 23.2. The molecule has 2 atom stereocenters. The number of hydrogen-bond donors (Lipinski definition) is 4. The van der Waals surface area contributed by atoms with E-state index in [0.717, 1.165) is 5.56 Å². The monoisotopic (exact) mass is 518 g/mol. The van der Waals surface area contributed by atoms with Gasteiger partial charge >= 0.3 is 0 Å². The second-order valence-corrected chi connectivity index (χ2v) is 10.0. The lowest BCUT2D eigenvalue weighted by Crippen LogP contribution is -2.63. The fourth-order valence-electron chi connectivity index (χ4n) is 4.38. The molecule has 1 saturated heterocycles. The molecule has 0 saturated carbocycles. The van der Waals surface area contributed by atoms with Crippen molar-refractivity contribution >= 4 is 23.4 Å². The van der Waals surface area contributed by atoms with Gasteiger partial charge in [-0.25, -0.2) is 0 Å². The second kappa shape index (κ2) is 11.9. The van der Waals surface area contributed by atoms with Crippen LogP contribution >= 0.6 is 0 Å². The molecule has 2 aromatic carbocycles. The summed E-state index contributed by atoms with van der Waals surface area (Å²) in [7, 11) is 1.51. The first-order chi connectivity index (χ1) is 18.0. The molecule has 10 heteroatoms. The first kappa shape index (κ1) is 28.3. The third kappa shape index (κ3) is 6.55. The highest BCUT2D eigenvalue weighted by molar-refractivity contribution is 6.09. The summed E-state index contributed by atoms with van der Waals surface area (Å²) in [4.78, 5) is 41.2. The van der Waals surface area contributed by atoms with Crippen LogP contribution in [0.4, 0.5) is 0 Å².